The van der Waals surface area contributed by atoms with Crippen molar-refractivity contribution >= 4 is 11.8 Å². The minimum Gasteiger partial charge on any atom is -0.481 e. The summed E-state index contributed by atoms with van der Waals surface area (Å²) in [5.41, 5.74) is 0.973. The second-order valence-corrected chi connectivity index (χ2v) is 6.13. The van der Waals surface area contributed by atoms with Crippen molar-refractivity contribution in [2.75, 3.05) is 14.2 Å². The highest BCUT2D eigenvalue weighted by molar-refractivity contribution is 6.07. The van der Waals surface area contributed by atoms with E-state index in [4.69, 9.17) is 18.9 Å². The topological polar surface area (TPSA) is 96.8 Å². The van der Waals surface area contributed by atoms with E-state index in [1.54, 1.807) is 6.07 Å². The second-order valence-electron chi connectivity index (χ2n) is 6.13. The third-order valence-electron chi connectivity index (χ3n) is 4.10. The molecule has 0 atom stereocenters. The molecule has 0 aliphatic carbocycles. The van der Waals surface area contributed by atoms with Crippen molar-refractivity contribution < 1.29 is 28.5 Å². The Labute approximate surface area is 173 Å². The first-order valence-electron chi connectivity index (χ1n) is 9.01. The Morgan fingerprint density at radius 2 is 1.57 bits per heavy atom. The maximum absolute atomic E-state index is 12.9. The van der Waals surface area contributed by atoms with Crippen LogP contribution in [0.3, 0.4) is 0 Å². The fraction of sp³-hybridized carbons (Fsp3) is 0.182. The highest BCUT2D eigenvalue weighted by Crippen LogP contribution is 2.29. The van der Waals surface area contributed by atoms with E-state index in [0.717, 1.165) is 5.56 Å². The predicted octanol–water partition coefficient (Wildman–Crippen LogP) is 3.85. The summed E-state index contributed by atoms with van der Waals surface area (Å²) in [5, 5.41) is 0. The van der Waals surface area contributed by atoms with Crippen molar-refractivity contribution in [3.63, 3.8) is 0 Å². The van der Waals surface area contributed by atoms with Crippen molar-refractivity contribution in [1.29, 1.82) is 0 Å². The van der Waals surface area contributed by atoms with Crippen molar-refractivity contribution in [3.05, 3.63) is 71.3 Å². The van der Waals surface area contributed by atoms with Crippen LogP contribution in [0.5, 0.6) is 23.5 Å². The van der Waals surface area contributed by atoms with E-state index in [1.807, 2.05) is 30.3 Å². The smallest absolute Gasteiger partial charge is 0.343 e. The molecule has 3 aromatic rings. The summed E-state index contributed by atoms with van der Waals surface area (Å²) in [7, 11) is 2.88. The minimum atomic E-state index is -0.700. The fourth-order valence-corrected chi connectivity index (χ4v) is 2.65. The molecule has 8 heteroatoms. The van der Waals surface area contributed by atoms with Gasteiger partial charge < -0.3 is 18.9 Å². The van der Waals surface area contributed by atoms with Gasteiger partial charge in [-0.25, -0.2) is 4.79 Å². The Balaban J connectivity index is 1.94. The number of aromatic nitrogens is 2. The maximum atomic E-state index is 12.9. The molecule has 0 radical (unpaired) electrons. The van der Waals surface area contributed by atoms with Gasteiger partial charge in [0.2, 0.25) is 11.8 Å². The molecular weight excluding hydrogens is 388 g/mol. The van der Waals surface area contributed by atoms with Crippen LogP contribution in [0.4, 0.5) is 0 Å². The molecule has 3 rings (SSSR count). The summed E-state index contributed by atoms with van der Waals surface area (Å²) in [6, 6.07) is 15.2. The number of methoxy groups -OCH3 is 2. The molecule has 0 unspecified atom stereocenters. The molecule has 0 saturated heterocycles. The Hall–Kier alpha value is -3.94. The monoisotopic (exact) mass is 408 g/mol. The summed E-state index contributed by atoms with van der Waals surface area (Å²) in [6.07, 6.45) is 0. The molecule has 0 amide bonds. The standard InChI is InChI=1S/C22H20N2O6/c1-14(25)16-10-7-11-17(30-22-23-18(27-2)12-19(24-22)28-3)20(16)21(26)29-13-15-8-5-4-6-9-15/h4-12H,13H2,1-3H3. The number of ketones is 1. The van der Waals surface area contributed by atoms with Crippen LogP contribution in [0, 0.1) is 0 Å². The van der Waals surface area contributed by atoms with E-state index in [0.29, 0.717) is 0 Å². The van der Waals surface area contributed by atoms with Gasteiger partial charge in [0.15, 0.2) is 5.78 Å². The zero-order chi connectivity index (χ0) is 21.5. The van der Waals surface area contributed by atoms with E-state index in [-0.39, 0.29) is 47.0 Å². The van der Waals surface area contributed by atoms with Gasteiger partial charge in [-0.2, -0.15) is 9.97 Å². The van der Waals surface area contributed by atoms with Crippen LogP contribution in [0.2, 0.25) is 0 Å². The zero-order valence-corrected chi connectivity index (χ0v) is 16.7. The molecule has 154 valence electrons. The summed E-state index contributed by atoms with van der Waals surface area (Å²) in [5.74, 6) is -0.498. The van der Waals surface area contributed by atoms with Crippen molar-refractivity contribution in [3.8, 4) is 23.5 Å². The van der Waals surface area contributed by atoms with E-state index in [2.05, 4.69) is 9.97 Å². The van der Waals surface area contributed by atoms with Gasteiger partial charge in [-0.3, -0.25) is 4.79 Å². The number of hydrogen-bond acceptors (Lipinski definition) is 8. The van der Waals surface area contributed by atoms with E-state index in [1.165, 1.54) is 39.3 Å². The Morgan fingerprint density at radius 3 is 2.17 bits per heavy atom. The first-order chi connectivity index (χ1) is 14.5. The number of benzene rings is 2. The van der Waals surface area contributed by atoms with Gasteiger partial charge in [0.05, 0.1) is 20.3 Å². The summed E-state index contributed by atoms with van der Waals surface area (Å²) < 4.78 is 21.3. The molecule has 0 N–H and O–H groups in total. The van der Waals surface area contributed by atoms with E-state index in [9.17, 15) is 9.59 Å². The molecule has 1 aromatic heterocycles. The number of Topliss-reactive ketones (excluding diaryl/α,β-unsaturated/α-hetero) is 1. The maximum Gasteiger partial charge on any atom is 0.343 e. The first kappa shape index (κ1) is 20.8. The van der Waals surface area contributed by atoms with Crippen LogP contribution < -0.4 is 14.2 Å². The predicted molar refractivity (Wildman–Crippen MR) is 107 cm³/mol. The second kappa shape index (κ2) is 9.51. The molecule has 0 spiro atoms. The number of carbonyl (C=O) groups excluding carboxylic acids is 2. The van der Waals surface area contributed by atoms with Crippen LogP contribution in [0.15, 0.2) is 54.6 Å². The Morgan fingerprint density at radius 1 is 0.900 bits per heavy atom. The number of ether oxygens (including phenoxy) is 4. The molecule has 1 heterocycles. The summed E-state index contributed by atoms with van der Waals surface area (Å²) >= 11 is 0. The lowest BCUT2D eigenvalue weighted by molar-refractivity contribution is 0.0467. The van der Waals surface area contributed by atoms with Crippen LogP contribution >= 0.6 is 0 Å². The number of nitrogens with zero attached hydrogens (tertiary/aromatic N) is 2. The van der Waals surface area contributed by atoms with E-state index < -0.39 is 5.97 Å². The molecule has 0 bridgehead atoms. The third-order valence-corrected chi connectivity index (χ3v) is 4.10. The average Bonchev–Trinajstić information content (AvgIpc) is 2.77. The highest BCUT2D eigenvalue weighted by Gasteiger charge is 2.23. The number of rotatable bonds is 8. The van der Waals surface area contributed by atoms with E-state index >= 15 is 0 Å². The van der Waals surface area contributed by atoms with Gasteiger partial charge in [-0.1, -0.05) is 42.5 Å². The zero-order valence-electron chi connectivity index (χ0n) is 16.7. The number of esters is 1. The lowest BCUT2D eigenvalue weighted by Gasteiger charge is -2.13. The lowest BCUT2D eigenvalue weighted by Crippen LogP contribution is -2.13. The number of hydrogen-bond donors (Lipinski definition) is 0. The van der Waals surface area contributed by atoms with Crippen LogP contribution in [0.1, 0.15) is 33.2 Å². The Bertz CT molecular complexity index is 1030. The van der Waals surface area contributed by atoms with Gasteiger partial charge in [0.1, 0.15) is 17.9 Å². The van der Waals surface area contributed by atoms with Crippen molar-refractivity contribution in [2.24, 2.45) is 0 Å². The van der Waals surface area contributed by atoms with Crippen LogP contribution in [0.25, 0.3) is 0 Å². The number of carbonyl (C=O) groups is 2. The summed E-state index contributed by atoms with van der Waals surface area (Å²) in [6.45, 7) is 1.41. The minimum absolute atomic E-state index is 0.00804. The average molecular weight is 408 g/mol. The first-order valence-corrected chi connectivity index (χ1v) is 9.01. The van der Waals surface area contributed by atoms with Crippen molar-refractivity contribution in [2.45, 2.75) is 13.5 Å². The molecule has 8 nitrogen and oxygen atoms in total. The fourth-order valence-electron chi connectivity index (χ4n) is 2.65. The van der Waals surface area contributed by atoms with Crippen LogP contribution in [-0.4, -0.2) is 35.9 Å². The van der Waals surface area contributed by atoms with Gasteiger partial charge in [0, 0.05) is 5.56 Å². The SMILES string of the molecule is COc1cc(OC)nc(Oc2cccc(C(C)=O)c2C(=O)OCc2ccccc2)n1. The molecular formula is C22H20N2O6. The van der Waals surface area contributed by atoms with Gasteiger partial charge >= 0.3 is 12.0 Å². The largest absolute Gasteiger partial charge is 0.481 e. The molecule has 0 fully saturated rings. The molecule has 30 heavy (non-hydrogen) atoms. The van der Waals surface area contributed by atoms with Gasteiger partial charge in [-0.05, 0) is 18.6 Å². The molecule has 0 aliphatic rings. The lowest BCUT2D eigenvalue weighted by atomic mass is 10.0. The summed E-state index contributed by atoms with van der Waals surface area (Å²) in [4.78, 5) is 33.2. The normalized spacial score (nSPS) is 10.2. The quantitative estimate of drug-likeness (QED) is 0.410. The van der Waals surface area contributed by atoms with Gasteiger partial charge in [-0.15, -0.1) is 0 Å². The third kappa shape index (κ3) is 4.91. The van der Waals surface area contributed by atoms with Crippen LogP contribution in [-0.2, 0) is 11.3 Å². The molecule has 0 saturated carbocycles. The molecule has 0 aliphatic heterocycles. The molecule has 2 aromatic carbocycles. The Kier molecular flexibility index (Phi) is 6.59. The van der Waals surface area contributed by atoms with Gasteiger partial charge in [0.25, 0.3) is 0 Å². The highest BCUT2D eigenvalue weighted by atomic mass is 16.5. The van der Waals surface area contributed by atoms with Crippen molar-refractivity contribution in [1.82, 2.24) is 9.97 Å².